The van der Waals surface area contributed by atoms with E-state index in [1.54, 1.807) is 6.21 Å². The summed E-state index contributed by atoms with van der Waals surface area (Å²) in [5.41, 5.74) is 4.60. The van der Waals surface area contributed by atoms with Gasteiger partial charge in [-0.15, -0.1) is 0 Å². The summed E-state index contributed by atoms with van der Waals surface area (Å²) in [6.07, 6.45) is 5.46. The summed E-state index contributed by atoms with van der Waals surface area (Å²) in [6, 6.07) is 21.5. The van der Waals surface area contributed by atoms with E-state index in [-0.39, 0.29) is 10.8 Å². The van der Waals surface area contributed by atoms with E-state index in [2.05, 4.69) is 10.5 Å². The van der Waals surface area contributed by atoms with Gasteiger partial charge in [-0.2, -0.15) is 5.10 Å². The highest BCUT2D eigenvalue weighted by molar-refractivity contribution is 6.32. The lowest BCUT2D eigenvalue weighted by Gasteiger charge is -2.02. The molecule has 1 amide bonds. The highest BCUT2D eigenvalue weighted by Gasteiger charge is 2.07. The van der Waals surface area contributed by atoms with Gasteiger partial charge in [-0.1, -0.05) is 60.1 Å². The largest absolute Gasteiger partial charge is 0.506 e. The van der Waals surface area contributed by atoms with E-state index in [4.69, 9.17) is 16.3 Å². The number of hydrazone groups is 1. The number of nitrogens with zero attached hydrogens (tertiary/aromatic N) is 1. The second-order valence-electron chi connectivity index (χ2n) is 6.06. The Morgan fingerprint density at radius 1 is 1.03 bits per heavy atom. The highest BCUT2D eigenvalue weighted by atomic mass is 35.5. The zero-order chi connectivity index (χ0) is 20.5. The molecule has 0 aliphatic heterocycles. The third kappa shape index (κ3) is 6.23. The molecular formula is C23H19ClN2O3. The minimum Gasteiger partial charge on any atom is -0.506 e. The molecule has 0 saturated heterocycles. The number of aromatic hydroxyl groups is 1. The topological polar surface area (TPSA) is 70.9 Å². The van der Waals surface area contributed by atoms with Crippen LogP contribution >= 0.6 is 11.6 Å². The summed E-state index contributed by atoms with van der Waals surface area (Å²) in [5.74, 6) is 0.342. The van der Waals surface area contributed by atoms with Crippen LogP contribution in [0.15, 0.2) is 84.0 Å². The van der Waals surface area contributed by atoms with Crippen LogP contribution in [0.3, 0.4) is 0 Å². The smallest absolute Gasteiger partial charge is 0.271 e. The van der Waals surface area contributed by atoms with Gasteiger partial charge in [0.25, 0.3) is 5.91 Å². The SMILES string of the molecule is O=C(NN=Cc1ccc(C=CCOc2ccccc2)cc1)c1ccc(O)c(Cl)c1. The number of amides is 1. The average Bonchev–Trinajstić information content (AvgIpc) is 2.75. The van der Waals surface area contributed by atoms with Crippen molar-refractivity contribution in [1.82, 2.24) is 5.43 Å². The molecule has 29 heavy (non-hydrogen) atoms. The Labute approximate surface area is 173 Å². The zero-order valence-corrected chi connectivity index (χ0v) is 16.2. The number of hydrogen-bond donors (Lipinski definition) is 2. The number of hydrogen-bond acceptors (Lipinski definition) is 4. The van der Waals surface area contributed by atoms with Crippen molar-refractivity contribution < 1.29 is 14.6 Å². The fourth-order valence-corrected chi connectivity index (χ4v) is 2.60. The first-order valence-corrected chi connectivity index (χ1v) is 9.26. The molecule has 0 radical (unpaired) electrons. The summed E-state index contributed by atoms with van der Waals surface area (Å²) >= 11 is 5.80. The van der Waals surface area contributed by atoms with Crippen LogP contribution in [0.1, 0.15) is 21.5 Å². The van der Waals surface area contributed by atoms with Gasteiger partial charge in [-0.3, -0.25) is 4.79 Å². The van der Waals surface area contributed by atoms with Crippen molar-refractivity contribution in [2.75, 3.05) is 6.61 Å². The number of phenols is 1. The van der Waals surface area contributed by atoms with Gasteiger partial charge in [0.15, 0.2) is 0 Å². The highest BCUT2D eigenvalue weighted by Crippen LogP contribution is 2.23. The second-order valence-corrected chi connectivity index (χ2v) is 6.47. The second kappa shape index (κ2) is 10.1. The third-order valence-corrected chi connectivity index (χ3v) is 4.23. The molecule has 0 unspecified atom stereocenters. The van der Waals surface area contributed by atoms with Gasteiger partial charge in [-0.05, 0) is 47.5 Å². The number of phenolic OH excluding ortho intramolecular Hbond substituents is 1. The Hall–Kier alpha value is -3.57. The maximum atomic E-state index is 12.0. The first kappa shape index (κ1) is 20.2. The van der Waals surface area contributed by atoms with Crippen molar-refractivity contribution in [2.45, 2.75) is 0 Å². The van der Waals surface area contributed by atoms with Crippen molar-refractivity contribution in [3.8, 4) is 11.5 Å². The van der Waals surface area contributed by atoms with Crippen LogP contribution in [0.25, 0.3) is 6.08 Å². The predicted octanol–water partition coefficient (Wildman–Crippen LogP) is 4.90. The fraction of sp³-hybridized carbons (Fsp3) is 0.0435. The summed E-state index contributed by atoms with van der Waals surface area (Å²) < 4.78 is 5.61. The van der Waals surface area contributed by atoms with Crippen LogP contribution in [0.4, 0.5) is 0 Å². The molecule has 5 nitrogen and oxygen atoms in total. The normalized spacial score (nSPS) is 11.1. The molecule has 0 bridgehead atoms. The van der Waals surface area contributed by atoms with Crippen molar-refractivity contribution in [2.24, 2.45) is 5.10 Å². The van der Waals surface area contributed by atoms with Crippen LogP contribution in [-0.2, 0) is 0 Å². The number of benzene rings is 3. The van der Waals surface area contributed by atoms with E-state index < -0.39 is 5.91 Å². The lowest BCUT2D eigenvalue weighted by atomic mass is 10.1. The van der Waals surface area contributed by atoms with Crippen molar-refractivity contribution in [1.29, 1.82) is 0 Å². The molecule has 0 atom stereocenters. The molecule has 0 aliphatic carbocycles. The minimum absolute atomic E-state index is 0.0764. The summed E-state index contributed by atoms with van der Waals surface area (Å²) in [7, 11) is 0. The molecule has 0 heterocycles. The number of rotatable bonds is 7. The van der Waals surface area contributed by atoms with E-state index in [0.717, 1.165) is 16.9 Å². The summed E-state index contributed by atoms with van der Waals surface area (Å²) in [5, 5.41) is 13.4. The Balaban J connectivity index is 1.48. The first-order chi connectivity index (χ1) is 14.1. The number of para-hydroxylation sites is 1. The van der Waals surface area contributed by atoms with Gasteiger partial charge < -0.3 is 9.84 Å². The Morgan fingerprint density at radius 2 is 1.76 bits per heavy atom. The average molecular weight is 407 g/mol. The quantitative estimate of drug-likeness (QED) is 0.433. The molecule has 2 N–H and O–H groups in total. The van der Waals surface area contributed by atoms with Crippen LogP contribution in [0, 0.1) is 0 Å². The van der Waals surface area contributed by atoms with Gasteiger partial charge >= 0.3 is 0 Å². The number of nitrogens with one attached hydrogen (secondary N) is 1. The number of ether oxygens (including phenoxy) is 1. The van der Waals surface area contributed by atoms with Gasteiger partial charge in [0.05, 0.1) is 11.2 Å². The molecule has 3 aromatic rings. The van der Waals surface area contributed by atoms with E-state index in [1.165, 1.54) is 18.2 Å². The van der Waals surface area contributed by atoms with Crippen molar-refractivity contribution >= 4 is 29.8 Å². The van der Waals surface area contributed by atoms with Gasteiger partial charge in [0.1, 0.15) is 18.1 Å². The summed E-state index contributed by atoms with van der Waals surface area (Å²) in [6.45, 7) is 0.487. The third-order valence-electron chi connectivity index (χ3n) is 3.93. The maximum absolute atomic E-state index is 12.0. The lowest BCUT2D eigenvalue weighted by molar-refractivity contribution is 0.0955. The van der Waals surface area contributed by atoms with E-state index in [9.17, 15) is 9.90 Å². The molecule has 6 heteroatoms. The molecule has 0 aromatic heterocycles. The van der Waals surface area contributed by atoms with Crippen LogP contribution in [0.2, 0.25) is 5.02 Å². The van der Waals surface area contributed by atoms with E-state index in [1.807, 2.05) is 66.7 Å². The lowest BCUT2D eigenvalue weighted by Crippen LogP contribution is -2.17. The Kier molecular flexibility index (Phi) is 7.03. The van der Waals surface area contributed by atoms with Crippen LogP contribution in [0.5, 0.6) is 11.5 Å². The van der Waals surface area contributed by atoms with Gasteiger partial charge in [0.2, 0.25) is 0 Å². The fourth-order valence-electron chi connectivity index (χ4n) is 2.42. The Morgan fingerprint density at radius 3 is 2.48 bits per heavy atom. The van der Waals surface area contributed by atoms with E-state index in [0.29, 0.717) is 12.2 Å². The molecule has 0 fully saturated rings. The minimum atomic E-state index is -0.416. The van der Waals surface area contributed by atoms with E-state index >= 15 is 0 Å². The Bertz CT molecular complexity index is 1020. The van der Waals surface area contributed by atoms with Crippen LogP contribution in [-0.4, -0.2) is 23.8 Å². The van der Waals surface area contributed by atoms with Crippen molar-refractivity contribution in [3.05, 3.63) is 101 Å². The monoisotopic (exact) mass is 406 g/mol. The number of carbonyl (C=O) groups excluding carboxylic acids is 1. The number of halogens is 1. The van der Waals surface area contributed by atoms with Gasteiger partial charge in [-0.25, -0.2) is 5.43 Å². The first-order valence-electron chi connectivity index (χ1n) is 8.88. The molecule has 146 valence electrons. The predicted molar refractivity (Wildman–Crippen MR) is 116 cm³/mol. The molecule has 3 aromatic carbocycles. The van der Waals surface area contributed by atoms with Crippen molar-refractivity contribution in [3.63, 3.8) is 0 Å². The molecule has 0 aliphatic rings. The standard InChI is InChI=1S/C23H19ClN2O3/c24-21-15-19(12-13-22(21)27)23(28)26-25-16-18-10-8-17(9-11-18)5-4-14-29-20-6-2-1-3-7-20/h1-13,15-16,27H,14H2,(H,26,28). The maximum Gasteiger partial charge on any atom is 0.271 e. The zero-order valence-electron chi connectivity index (χ0n) is 15.5. The van der Waals surface area contributed by atoms with Gasteiger partial charge in [0, 0.05) is 5.56 Å². The molecule has 0 saturated carbocycles. The molecule has 0 spiro atoms. The number of carbonyl (C=O) groups is 1. The summed E-state index contributed by atoms with van der Waals surface area (Å²) in [4.78, 5) is 12.0. The van der Waals surface area contributed by atoms with Crippen LogP contribution < -0.4 is 10.2 Å². The molecular weight excluding hydrogens is 388 g/mol. The molecule has 3 rings (SSSR count).